The Bertz CT molecular complexity index is 862. The first-order chi connectivity index (χ1) is 12.7. The molecule has 0 spiro atoms. The highest BCUT2D eigenvalue weighted by Crippen LogP contribution is 2.20. The fourth-order valence-electron chi connectivity index (χ4n) is 2.54. The first-order valence-electron chi connectivity index (χ1n) is 8.76. The van der Waals surface area contributed by atoms with Crippen molar-refractivity contribution in [1.82, 2.24) is 0 Å². The van der Waals surface area contributed by atoms with Crippen LogP contribution in [0.3, 0.4) is 0 Å². The van der Waals surface area contributed by atoms with Crippen molar-refractivity contribution in [2.24, 2.45) is 5.16 Å². The maximum absolute atomic E-state index is 5.79. The molecule has 0 bridgehead atoms. The minimum Gasteiger partial charge on any atom is -0.383 e. The molecule has 1 unspecified atom stereocenters. The quantitative estimate of drug-likeness (QED) is 0.391. The average Bonchev–Trinajstić information content (AvgIpc) is 2.68. The topological polar surface area (TPSA) is 21.6 Å². The molecular weight excluding hydrogens is 318 g/mol. The second-order valence-corrected chi connectivity index (χ2v) is 6.35. The van der Waals surface area contributed by atoms with E-state index in [4.69, 9.17) is 4.84 Å². The average molecular weight is 341 g/mol. The van der Waals surface area contributed by atoms with Crippen LogP contribution in [0, 0.1) is 13.8 Å². The van der Waals surface area contributed by atoms with Gasteiger partial charge in [-0.3, -0.25) is 0 Å². The zero-order chi connectivity index (χ0) is 18.2. The van der Waals surface area contributed by atoms with Gasteiger partial charge in [-0.2, -0.15) is 0 Å². The van der Waals surface area contributed by atoms with Crippen LogP contribution >= 0.6 is 0 Å². The number of oxime groups is 1. The molecule has 0 radical (unpaired) electrons. The van der Waals surface area contributed by atoms with Crippen molar-refractivity contribution in [3.05, 3.63) is 113 Å². The Kier molecular flexibility index (Phi) is 6.00. The molecule has 0 aromatic heterocycles. The van der Waals surface area contributed by atoms with Gasteiger partial charge < -0.3 is 4.84 Å². The standard InChI is InChI=1S/C24H23NO/c1-19-8-12-21(13-9-19)16-17-24(23-6-4-3-5-7-23)26-25-18-22-14-10-20(2)11-15-22/h3-18,24H,1-2H3/b17-16+,25-18+. The largest absolute Gasteiger partial charge is 0.383 e. The van der Waals surface area contributed by atoms with Crippen molar-refractivity contribution < 1.29 is 4.84 Å². The molecule has 130 valence electrons. The van der Waals surface area contributed by atoms with Crippen molar-refractivity contribution in [1.29, 1.82) is 0 Å². The summed E-state index contributed by atoms with van der Waals surface area (Å²) >= 11 is 0. The van der Waals surface area contributed by atoms with Crippen molar-refractivity contribution in [2.45, 2.75) is 20.0 Å². The van der Waals surface area contributed by atoms with Crippen LogP contribution < -0.4 is 0 Å². The molecule has 26 heavy (non-hydrogen) atoms. The first-order valence-corrected chi connectivity index (χ1v) is 8.76. The third-order valence-corrected chi connectivity index (χ3v) is 4.12. The fraction of sp³-hybridized carbons (Fsp3) is 0.125. The van der Waals surface area contributed by atoms with Crippen LogP contribution in [0.5, 0.6) is 0 Å². The highest BCUT2D eigenvalue weighted by atomic mass is 16.6. The van der Waals surface area contributed by atoms with Crippen molar-refractivity contribution in [2.75, 3.05) is 0 Å². The van der Waals surface area contributed by atoms with E-state index in [2.05, 4.69) is 61.5 Å². The molecule has 3 rings (SSSR count). The summed E-state index contributed by atoms with van der Waals surface area (Å²) in [6.45, 7) is 4.15. The fourth-order valence-corrected chi connectivity index (χ4v) is 2.54. The third kappa shape index (κ3) is 5.18. The van der Waals surface area contributed by atoms with Gasteiger partial charge in [0.25, 0.3) is 0 Å². The number of hydrogen-bond acceptors (Lipinski definition) is 2. The van der Waals surface area contributed by atoms with Crippen molar-refractivity contribution in [3.8, 4) is 0 Å². The molecule has 0 aliphatic carbocycles. The molecule has 0 amide bonds. The van der Waals surface area contributed by atoms with Crippen LogP contribution in [0.4, 0.5) is 0 Å². The third-order valence-electron chi connectivity index (χ3n) is 4.12. The maximum Gasteiger partial charge on any atom is 0.171 e. The molecule has 3 aromatic rings. The van der Waals surface area contributed by atoms with E-state index in [0.717, 1.165) is 16.7 Å². The SMILES string of the molecule is Cc1ccc(/C=C/C(O/N=C/c2ccc(C)cc2)c2ccccc2)cc1. The molecule has 0 aliphatic rings. The molecule has 1 atom stereocenters. The molecule has 2 heteroatoms. The molecule has 3 aromatic carbocycles. The summed E-state index contributed by atoms with van der Waals surface area (Å²) in [7, 11) is 0. The summed E-state index contributed by atoms with van der Waals surface area (Å²) in [5.41, 5.74) is 5.71. The van der Waals surface area contributed by atoms with Crippen LogP contribution in [0.1, 0.15) is 33.9 Å². The zero-order valence-corrected chi connectivity index (χ0v) is 15.2. The zero-order valence-electron chi connectivity index (χ0n) is 15.2. The van der Waals surface area contributed by atoms with Gasteiger partial charge in [-0.1, -0.05) is 101 Å². The van der Waals surface area contributed by atoms with E-state index in [1.165, 1.54) is 11.1 Å². The molecular formula is C24H23NO. The summed E-state index contributed by atoms with van der Waals surface area (Å²) < 4.78 is 0. The van der Waals surface area contributed by atoms with Gasteiger partial charge in [0.15, 0.2) is 6.10 Å². The number of aryl methyl sites for hydroxylation is 2. The Balaban J connectivity index is 1.75. The summed E-state index contributed by atoms with van der Waals surface area (Å²) in [6, 6.07) is 26.7. The second kappa shape index (κ2) is 8.82. The molecule has 2 nitrogen and oxygen atoms in total. The van der Waals surface area contributed by atoms with E-state index in [0.29, 0.717) is 0 Å². The summed E-state index contributed by atoms with van der Waals surface area (Å²) in [4.78, 5) is 5.79. The smallest absolute Gasteiger partial charge is 0.171 e. The number of benzene rings is 3. The van der Waals surface area contributed by atoms with E-state index >= 15 is 0 Å². The lowest BCUT2D eigenvalue weighted by Gasteiger charge is -2.11. The first kappa shape index (κ1) is 17.7. The van der Waals surface area contributed by atoms with Crippen molar-refractivity contribution in [3.63, 3.8) is 0 Å². The van der Waals surface area contributed by atoms with E-state index in [1.54, 1.807) is 6.21 Å². The highest BCUT2D eigenvalue weighted by Gasteiger charge is 2.08. The number of hydrogen-bond donors (Lipinski definition) is 0. The van der Waals surface area contributed by atoms with Crippen molar-refractivity contribution >= 4 is 12.3 Å². The van der Waals surface area contributed by atoms with Gasteiger partial charge in [0.2, 0.25) is 0 Å². The Morgan fingerprint density at radius 3 is 1.92 bits per heavy atom. The molecule has 0 saturated carbocycles. The van der Waals surface area contributed by atoms with Gasteiger partial charge in [0.05, 0.1) is 6.21 Å². The lowest BCUT2D eigenvalue weighted by Crippen LogP contribution is -1.97. The highest BCUT2D eigenvalue weighted by molar-refractivity contribution is 5.79. The Morgan fingerprint density at radius 1 is 0.731 bits per heavy atom. The molecule has 0 fully saturated rings. The normalized spacial score (nSPS) is 12.5. The van der Waals surface area contributed by atoms with Gasteiger partial charge in [0, 0.05) is 0 Å². The molecule has 0 aliphatic heterocycles. The predicted octanol–water partition coefficient (Wildman–Crippen LogP) is 6.11. The van der Waals surface area contributed by atoms with Crippen LogP contribution in [-0.4, -0.2) is 6.21 Å². The van der Waals surface area contributed by atoms with Crippen LogP contribution in [0.25, 0.3) is 6.08 Å². The Labute approximate surface area is 155 Å². The van der Waals surface area contributed by atoms with Crippen LogP contribution in [0.15, 0.2) is 90.1 Å². The summed E-state index contributed by atoms with van der Waals surface area (Å²) in [5.74, 6) is 0. The van der Waals surface area contributed by atoms with Gasteiger partial charge in [0.1, 0.15) is 0 Å². The lowest BCUT2D eigenvalue weighted by molar-refractivity contribution is 0.0948. The summed E-state index contributed by atoms with van der Waals surface area (Å²) in [5, 5.41) is 4.20. The van der Waals surface area contributed by atoms with Crippen LogP contribution in [0.2, 0.25) is 0 Å². The number of nitrogens with zero attached hydrogens (tertiary/aromatic N) is 1. The maximum atomic E-state index is 5.79. The molecule has 0 N–H and O–H groups in total. The molecule has 0 heterocycles. The minimum atomic E-state index is -0.237. The molecule has 0 saturated heterocycles. The van der Waals surface area contributed by atoms with Gasteiger partial charge in [-0.15, -0.1) is 0 Å². The number of rotatable bonds is 6. The Morgan fingerprint density at radius 2 is 1.31 bits per heavy atom. The predicted molar refractivity (Wildman–Crippen MR) is 109 cm³/mol. The van der Waals surface area contributed by atoms with E-state index in [-0.39, 0.29) is 6.10 Å². The second-order valence-electron chi connectivity index (χ2n) is 6.35. The monoisotopic (exact) mass is 341 g/mol. The van der Waals surface area contributed by atoms with Gasteiger partial charge >= 0.3 is 0 Å². The Hall–Kier alpha value is -3.13. The van der Waals surface area contributed by atoms with E-state index in [1.807, 2.05) is 48.5 Å². The van der Waals surface area contributed by atoms with Gasteiger partial charge in [-0.25, -0.2) is 0 Å². The van der Waals surface area contributed by atoms with E-state index < -0.39 is 0 Å². The summed E-state index contributed by atoms with van der Waals surface area (Å²) in [6.07, 6.45) is 5.61. The van der Waals surface area contributed by atoms with E-state index in [9.17, 15) is 0 Å². The van der Waals surface area contributed by atoms with Crippen LogP contribution in [-0.2, 0) is 4.84 Å². The minimum absolute atomic E-state index is 0.237. The lowest BCUT2D eigenvalue weighted by atomic mass is 10.1. The van der Waals surface area contributed by atoms with Gasteiger partial charge in [-0.05, 0) is 36.6 Å².